The Kier molecular flexibility index (Phi) is 6.48. The average molecular weight is 625 g/mol. The standard InChI is InChI=1S/C43H32N2OS/c1-43(2)34-22-20-30(25-38(34)46-40-35(43)23-21-33-32-18-9-10-19-39(32)47-41(33)40)29-16-11-17-31(24-29)37-26-36(27-12-5-3-6-13-27)44-42(45-37)28-14-7-4-8-15-28/h3-8,10-17,19-26H,9,18H2,1-2H3. The van der Waals surface area contributed by atoms with Crippen LogP contribution in [0.1, 0.15) is 41.8 Å². The molecule has 0 fully saturated rings. The van der Waals surface area contributed by atoms with Crippen molar-refractivity contribution < 1.29 is 4.74 Å². The minimum Gasteiger partial charge on any atom is -0.455 e. The Morgan fingerprint density at radius 3 is 2.13 bits per heavy atom. The lowest BCUT2D eigenvalue weighted by atomic mass is 9.75. The first kappa shape index (κ1) is 27.9. The number of aryl methyl sites for hydroxylation is 1. The molecule has 0 N–H and O–H groups in total. The van der Waals surface area contributed by atoms with Crippen molar-refractivity contribution >= 4 is 27.5 Å². The van der Waals surface area contributed by atoms with Crippen LogP contribution in [0.3, 0.4) is 0 Å². The molecule has 0 amide bonds. The summed E-state index contributed by atoms with van der Waals surface area (Å²) in [5.74, 6) is 2.66. The minimum atomic E-state index is -0.180. The van der Waals surface area contributed by atoms with Crippen LogP contribution in [0.25, 0.3) is 61.2 Å². The fourth-order valence-electron chi connectivity index (χ4n) is 7.09. The van der Waals surface area contributed by atoms with Gasteiger partial charge in [-0.15, -0.1) is 11.3 Å². The summed E-state index contributed by atoms with van der Waals surface area (Å²) in [5, 5.41) is 1.34. The lowest BCUT2D eigenvalue weighted by Crippen LogP contribution is -2.24. The third-order valence-electron chi connectivity index (χ3n) is 9.64. The number of benzene rings is 5. The molecule has 0 bridgehead atoms. The largest absolute Gasteiger partial charge is 0.455 e. The van der Waals surface area contributed by atoms with Crippen LogP contribution in [0.4, 0.5) is 0 Å². The molecule has 3 nitrogen and oxygen atoms in total. The average Bonchev–Trinajstić information content (AvgIpc) is 3.51. The molecule has 0 spiro atoms. The Balaban J connectivity index is 1.13. The van der Waals surface area contributed by atoms with Gasteiger partial charge in [0.05, 0.1) is 16.1 Å². The van der Waals surface area contributed by atoms with Crippen molar-refractivity contribution in [1.82, 2.24) is 9.97 Å². The van der Waals surface area contributed by atoms with Crippen LogP contribution in [0.5, 0.6) is 11.5 Å². The van der Waals surface area contributed by atoms with Crippen LogP contribution < -0.4 is 4.74 Å². The smallest absolute Gasteiger partial charge is 0.160 e. The van der Waals surface area contributed by atoms with Gasteiger partial charge in [-0.3, -0.25) is 0 Å². The van der Waals surface area contributed by atoms with E-state index in [0.29, 0.717) is 5.82 Å². The Hall–Kier alpha value is -5.32. The van der Waals surface area contributed by atoms with Gasteiger partial charge in [0.15, 0.2) is 5.82 Å². The lowest BCUT2D eigenvalue weighted by Gasteiger charge is -2.35. The number of aromatic nitrogens is 2. The van der Waals surface area contributed by atoms with Crippen molar-refractivity contribution in [3.8, 4) is 56.5 Å². The second-order valence-corrected chi connectivity index (χ2v) is 14.0. The van der Waals surface area contributed by atoms with Gasteiger partial charge in [-0.1, -0.05) is 123 Å². The molecule has 2 aromatic heterocycles. The van der Waals surface area contributed by atoms with Gasteiger partial charge in [-0.05, 0) is 53.8 Å². The van der Waals surface area contributed by atoms with E-state index in [4.69, 9.17) is 14.7 Å². The summed E-state index contributed by atoms with van der Waals surface area (Å²) < 4.78 is 8.14. The lowest BCUT2D eigenvalue weighted by molar-refractivity contribution is 0.424. The highest BCUT2D eigenvalue weighted by Gasteiger charge is 2.36. The molecule has 1 aliphatic carbocycles. The summed E-state index contributed by atoms with van der Waals surface area (Å²) in [4.78, 5) is 11.4. The van der Waals surface area contributed by atoms with E-state index in [0.717, 1.165) is 63.5 Å². The maximum atomic E-state index is 6.88. The van der Waals surface area contributed by atoms with E-state index in [2.05, 4.69) is 111 Å². The monoisotopic (exact) mass is 624 g/mol. The SMILES string of the molecule is CC1(C)c2ccc(-c3cccc(-c4cc(-c5ccccc5)nc(-c5ccccc5)n4)c3)cc2Oc2c1ccc1c3c(sc21)C=CCC3. The molecule has 226 valence electrons. The number of rotatable bonds is 4. The van der Waals surface area contributed by atoms with E-state index >= 15 is 0 Å². The Morgan fingerprint density at radius 1 is 0.638 bits per heavy atom. The topological polar surface area (TPSA) is 35.0 Å². The highest BCUT2D eigenvalue weighted by molar-refractivity contribution is 7.20. The zero-order valence-electron chi connectivity index (χ0n) is 26.3. The van der Waals surface area contributed by atoms with Crippen molar-refractivity contribution in [3.63, 3.8) is 0 Å². The zero-order valence-corrected chi connectivity index (χ0v) is 27.1. The highest BCUT2D eigenvalue weighted by atomic mass is 32.1. The van der Waals surface area contributed by atoms with Crippen molar-refractivity contribution in [2.45, 2.75) is 32.1 Å². The number of fused-ring (bicyclic) bond motifs is 6. The second-order valence-electron chi connectivity index (χ2n) is 12.9. The first-order valence-corrected chi connectivity index (χ1v) is 17.0. The maximum absolute atomic E-state index is 6.88. The van der Waals surface area contributed by atoms with E-state index in [-0.39, 0.29) is 5.41 Å². The van der Waals surface area contributed by atoms with Crippen molar-refractivity contribution in [2.75, 3.05) is 0 Å². The van der Waals surface area contributed by atoms with E-state index in [9.17, 15) is 0 Å². The summed E-state index contributed by atoms with van der Waals surface area (Å²) in [6, 6.07) is 42.6. The van der Waals surface area contributed by atoms with Crippen LogP contribution in [-0.2, 0) is 11.8 Å². The molecule has 47 heavy (non-hydrogen) atoms. The van der Waals surface area contributed by atoms with Gasteiger partial charge < -0.3 is 4.74 Å². The summed E-state index contributed by atoms with van der Waals surface area (Å²) in [5.41, 5.74) is 10.9. The van der Waals surface area contributed by atoms with Gasteiger partial charge in [-0.25, -0.2) is 9.97 Å². The summed E-state index contributed by atoms with van der Waals surface area (Å²) >= 11 is 1.86. The predicted octanol–water partition coefficient (Wildman–Crippen LogP) is 11.8. The number of hydrogen-bond donors (Lipinski definition) is 0. The third-order valence-corrected chi connectivity index (χ3v) is 10.8. The van der Waals surface area contributed by atoms with E-state index < -0.39 is 0 Å². The van der Waals surface area contributed by atoms with E-state index in [1.807, 2.05) is 47.7 Å². The van der Waals surface area contributed by atoms with Crippen LogP contribution in [0.2, 0.25) is 0 Å². The van der Waals surface area contributed by atoms with Crippen molar-refractivity contribution in [3.05, 3.63) is 149 Å². The van der Waals surface area contributed by atoms with Crippen LogP contribution >= 0.6 is 11.3 Å². The Labute approximate surface area is 278 Å². The molecule has 0 radical (unpaired) electrons. The first-order chi connectivity index (χ1) is 23.0. The highest BCUT2D eigenvalue weighted by Crippen LogP contribution is 2.53. The normalized spacial score (nSPS) is 14.3. The van der Waals surface area contributed by atoms with Crippen LogP contribution in [0.15, 0.2) is 127 Å². The van der Waals surface area contributed by atoms with Gasteiger partial charge in [0.1, 0.15) is 11.5 Å². The summed E-state index contributed by atoms with van der Waals surface area (Å²) in [7, 11) is 0. The third kappa shape index (κ3) is 4.71. The van der Waals surface area contributed by atoms with Crippen molar-refractivity contribution in [2.24, 2.45) is 0 Å². The van der Waals surface area contributed by atoms with Gasteiger partial charge in [0, 0.05) is 43.5 Å². The fraction of sp³-hybridized carbons (Fsp3) is 0.116. The predicted molar refractivity (Wildman–Crippen MR) is 195 cm³/mol. The molecule has 5 aromatic carbocycles. The van der Waals surface area contributed by atoms with Gasteiger partial charge in [0.2, 0.25) is 0 Å². The van der Waals surface area contributed by atoms with Crippen LogP contribution in [0, 0.1) is 0 Å². The summed E-state index contributed by atoms with van der Waals surface area (Å²) in [6.07, 6.45) is 6.77. The number of allylic oxidation sites excluding steroid dienone is 1. The summed E-state index contributed by atoms with van der Waals surface area (Å²) in [6.45, 7) is 4.63. The molecule has 2 aliphatic rings. The molecule has 9 rings (SSSR count). The van der Waals surface area contributed by atoms with Gasteiger partial charge in [-0.2, -0.15) is 0 Å². The first-order valence-electron chi connectivity index (χ1n) is 16.2. The molecule has 0 saturated carbocycles. The number of ether oxygens (including phenoxy) is 1. The zero-order chi connectivity index (χ0) is 31.5. The van der Waals surface area contributed by atoms with Gasteiger partial charge >= 0.3 is 0 Å². The molecule has 4 heteroatoms. The Bertz CT molecular complexity index is 2290. The molecule has 3 heterocycles. The fourth-order valence-corrected chi connectivity index (χ4v) is 8.36. The van der Waals surface area contributed by atoms with Crippen LogP contribution in [-0.4, -0.2) is 9.97 Å². The molecule has 0 saturated heterocycles. The molecule has 7 aromatic rings. The Morgan fingerprint density at radius 2 is 1.32 bits per heavy atom. The molecular weight excluding hydrogens is 593 g/mol. The number of thiophene rings is 1. The molecule has 0 unspecified atom stereocenters. The number of nitrogens with zero attached hydrogens (tertiary/aromatic N) is 2. The second kappa shape index (κ2) is 10.9. The number of hydrogen-bond acceptors (Lipinski definition) is 4. The van der Waals surface area contributed by atoms with Gasteiger partial charge in [0.25, 0.3) is 0 Å². The minimum absolute atomic E-state index is 0.180. The quantitative estimate of drug-likeness (QED) is 0.195. The maximum Gasteiger partial charge on any atom is 0.160 e. The molecule has 1 aliphatic heterocycles. The van der Waals surface area contributed by atoms with Crippen molar-refractivity contribution in [1.29, 1.82) is 0 Å². The molecular formula is C43H32N2OS. The van der Waals surface area contributed by atoms with E-state index in [1.54, 1.807) is 0 Å². The molecule has 0 atom stereocenters. The van der Waals surface area contributed by atoms with E-state index in [1.165, 1.54) is 31.7 Å².